The minimum Gasteiger partial charge on any atom is -0.478 e. The predicted octanol–water partition coefficient (Wildman–Crippen LogP) is 3.80. The van der Waals surface area contributed by atoms with E-state index in [9.17, 15) is 10.1 Å². The molecule has 0 saturated heterocycles. The summed E-state index contributed by atoms with van der Waals surface area (Å²) in [5.74, 6) is 0.328. The molecule has 2 rings (SSSR count). The molecule has 0 N–H and O–H groups in total. The summed E-state index contributed by atoms with van der Waals surface area (Å²) in [6.07, 6.45) is 4.90. The molecule has 0 radical (unpaired) electrons. The number of benzene rings is 1. The van der Waals surface area contributed by atoms with Crippen LogP contribution in [0.1, 0.15) is 19.3 Å². The van der Waals surface area contributed by atoms with E-state index in [1.54, 1.807) is 18.2 Å². The molecule has 4 nitrogen and oxygen atoms in total. The van der Waals surface area contributed by atoms with Crippen molar-refractivity contribution in [2.75, 3.05) is 0 Å². The van der Waals surface area contributed by atoms with Crippen molar-refractivity contribution in [1.29, 1.82) is 0 Å². The maximum atomic E-state index is 10.8. The normalized spacial score (nSPS) is 19.6. The number of rotatable bonds is 3. The molecule has 0 aromatic heterocycles. The van der Waals surface area contributed by atoms with E-state index >= 15 is 0 Å². The van der Waals surface area contributed by atoms with Crippen LogP contribution in [0.4, 0.5) is 5.69 Å². The Kier molecular flexibility index (Phi) is 3.78. The number of hydrogen-bond acceptors (Lipinski definition) is 3. The van der Waals surface area contributed by atoms with Gasteiger partial charge < -0.3 is 4.74 Å². The third-order valence-corrected chi connectivity index (χ3v) is 3.48. The van der Waals surface area contributed by atoms with Gasteiger partial charge >= 0.3 is 5.69 Å². The summed E-state index contributed by atoms with van der Waals surface area (Å²) in [4.78, 5) is 10.4. The van der Waals surface area contributed by atoms with Gasteiger partial charge in [-0.1, -0.05) is 34.1 Å². The first-order chi connectivity index (χ1) is 8.18. The minimum absolute atomic E-state index is 0.0124. The van der Waals surface area contributed by atoms with Crippen LogP contribution in [0.15, 0.2) is 34.8 Å². The second-order valence-corrected chi connectivity index (χ2v) is 4.77. The molecule has 0 fully saturated rings. The van der Waals surface area contributed by atoms with Gasteiger partial charge in [0.1, 0.15) is 6.10 Å². The van der Waals surface area contributed by atoms with E-state index in [1.165, 1.54) is 6.07 Å². The Bertz CT molecular complexity index is 459. The van der Waals surface area contributed by atoms with E-state index in [2.05, 4.69) is 22.0 Å². The molecule has 1 atom stereocenters. The van der Waals surface area contributed by atoms with Crippen LogP contribution in [0.2, 0.25) is 0 Å². The summed E-state index contributed by atoms with van der Waals surface area (Å²) in [6, 6.07) is 6.46. The molecular weight excluding hydrogens is 286 g/mol. The highest BCUT2D eigenvalue weighted by Gasteiger charge is 2.21. The number of halogens is 1. The number of nitro benzene ring substituents is 1. The van der Waals surface area contributed by atoms with Crippen molar-refractivity contribution in [2.24, 2.45) is 0 Å². The second kappa shape index (κ2) is 5.31. The smallest absolute Gasteiger partial charge is 0.310 e. The number of nitro groups is 1. The van der Waals surface area contributed by atoms with Gasteiger partial charge in [-0.2, -0.15) is 0 Å². The van der Waals surface area contributed by atoms with E-state index in [-0.39, 0.29) is 11.8 Å². The van der Waals surface area contributed by atoms with Gasteiger partial charge in [0.25, 0.3) is 0 Å². The zero-order valence-electron chi connectivity index (χ0n) is 9.14. The first-order valence-electron chi connectivity index (χ1n) is 5.44. The molecule has 1 unspecified atom stereocenters. The van der Waals surface area contributed by atoms with Crippen LogP contribution in [0.5, 0.6) is 5.75 Å². The van der Waals surface area contributed by atoms with Crippen molar-refractivity contribution in [3.05, 3.63) is 44.9 Å². The summed E-state index contributed by atoms with van der Waals surface area (Å²) in [6.45, 7) is 0. The predicted molar refractivity (Wildman–Crippen MR) is 68.4 cm³/mol. The molecule has 1 aromatic rings. The van der Waals surface area contributed by atoms with Gasteiger partial charge in [0.05, 0.1) is 4.92 Å². The summed E-state index contributed by atoms with van der Waals surface area (Å²) in [5, 5.41) is 10.8. The summed E-state index contributed by atoms with van der Waals surface area (Å²) >= 11 is 3.44. The highest BCUT2D eigenvalue weighted by molar-refractivity contribution is 9.11. The van der Waals surface area contributed by atoms with Gasteiger partial charge in [-0.3, -0.25) is 10.1 Å². The monoisotopic (exact) mass is 297 g/mol. The average Bonchev–Trinajstić information content (AvgIpc) is 2.32. The Balaban J connectivity index is 2.21. The number of hydrogen-bond donors (Lipinski definition) is 0. The van der Waals surface area contributed by atoms with Crippen molar-refractivity contribution in [2.45, 2.75) is 25.4 Å². The topological polar surface area (TPSA) is 52.4 Å². The van der Waals surface area contributed by atoms with Crippen molar-refractivity contribution in [1.82, 2.24) is 0 Å². The molecule has 0 spiro atoms. The fourth-order valence-electron chi connectivity index (χ4n) is 1.79. The van der Waals surface area contributed by atoms with Crippen LogP contribution < -0.4 is 4.74 Å². The Labute approximate surface area is 108 Å². The lowest BCUT2D eigenvalue weighted by atomic mass is 10.1. The first kappa shape index (κ1) is 12.1. The fourth-order valence-corrected chi connectivity index (χ4v) is 2.34. The van der Waals surface area contributed by atoms with Crippen LogP contribution in [0, 0.1) is 10.1 Å². The van der Waals surface area contributed by atoms with Crippen LogP contribution in [0.25, 0.3) is 0 Å². The largest absolute Gasteiger partial charge is 0.478 e. The van der Waals surface area contributed by atoms with E-state index < -0.39 is 4.92 Å². The Morgan fingerprint density at radius 1 is 1.41 bits per heavy atom. The molecule has 17 heavy (non-hydrogen) atoms. The van der Waals surface area contributed by atoms with Gasteiger partial charge in [-0.25, -0.2) is 0 Å². The lowest BCUT2D eigenvalue weighted by Gasteiger charge is -2.21. The number of allylic oxidation sites excluding steroid dienone is 1. The SMILES string of the molecule is O=[N+]([O-])c1ccccc1OC1CCCC=C1Br. The Morgan fingerprint density at radius 3 is 2.88 bits per heavy atom. The first-order valence-corrected chi connectivity index (χ1v) is 6.23. The van der Waals surface area contributed by atoms with Gasteiger partial charge in [-0.05, 0) is 25.3 Å². The minimum atomic E-state index is -0.421. The fraction of sp³-hybridized carbons (Fsp3) is 0.333. The second-order valence-electron chi connectivity index (χ2n) is 3.85. The lowest BCUT2D eigenvalue weighted by molar-refractivity contribution is -0.386. The number of para-hydroxylation sites is 2. The van der Waals surface area contributed by atoms with Crippen molar-refractivity contribution in [3.63, 3.8) is 0 Å². The van der Waals surface area contributed by atoms with Crippen LogP contribution >= 0.6 is 15.9 Å². The molecule has 1 aliphatic rings. The molecule has 0 heterocycles. The number of ether oxygens (including phenoxy) is 1. The molecular formula is C12H12BrNO3. The molecule has 1 aliphatic carbocycles. The maximum Gasteiger partial charge on any atom is 0.310 e. The molecule has 5 heteroatoms. The third-order valence-electron chi connectivity index (χ3n) is 2.65. The van der Waals surface area contributed by atoms with Crippen LogP contribution in [0.3, 0.4) is 0 Å². The standard InChI is InChI=1S/C12H12BrNO3/c13-9-5-1-3-7-11(9)17-12-8-4-2-6-10(12)14(15)16/h2,4-6,8,11H,1,3,7H2. The van der Waals surface area contributed by atoms with E-state index in [0.29, 0.717) is 5.75 Å². The Morgan fingerprint density at radius 2 is 2.18 bits per heavy atom. The molecule has 0 amide bonds. The number of nitrogens with zero attached hydrogens (tertiary/aromatic N) is 1. The zero-order valence-corrected chi connectivity index (χ0v) is 10.7. The molecule has 0 aliphatic heterocycles. The third kappa shape index (κ3) is 2.85. The summed E-state index contributed by atoms with van der Waals surface area (Å²) in [7, 11) is 0. The van der Waals surface area contributed by atoms with E-state index in [1.807, 2.05) is 0 Å². The lowest BCUT2D eigenvalue weighted by Crippen LogP contribution is -2.19. The highest BCUT2D eigenvalue weighted by Crippen LogP contribution is 2.32. The van der Waals surface area contributed by atoms with Crippen LogP contribution in [-0.2, 0) is 0 Å². The van der Waals surface area contributed by atoms with E-state index in [4.69, 9.17) is 4.74 Å². The zero-order chi connectivity index (χ0) is 12.3. The molecule has 0 saturated carbocycles. The Hall–Kier alpha value is -1.36. The maximum absolute atomic E-state index is 10.8. The summed E-state index contributed by atoms with van der Waals surface area (Å²) < 4.78 is 6.68. The molecule has 0 bridgehead atoms. The van der Waals surface area contributed by atoms with Gasteiger partial charge in [0.15, 0.2) is 5.75 Å². The summed E-state index contributed by atoms with van der Waals surface area (Å²) in [5.41, 5.74) is 0.0124. The molecule has 90 valence electrons. The van der Waals surface area contributed by atoms with Crippen molar-refractivity contribution >= 4 is 21.6 Å². The average molecular weight is 298 g/mol. The van der Waals surface area contributed by atoms with Gasteiger partial charge in [0.2, 0.25) is 0 Å². The van der Waals surface area contributed by atoms with Gasteiger partial charge in [-0.15, -0.1) is 0 Å². The highest BCUT2D eigenvalue weighted by atomic mass is 79.9. The van der Waals surface area contributed by atoms with E-state index in [0.717, 1.165) is 23.7 Å². The molecule has 1 aromatic carbocycles. The quantitative estimate of drug-likeness (QED) is 0.630. The van der Waals surface area contributed by atoms with Crippen molar-refractivity contribution < 1.29 is 9.66 Å². The van der Waals surface area contributed by atoms with Gasteiger partial charge in [0, 0.05) is 10.5 Å². The van der Waals surface area contributed by atoms with Crippen LogP contribution in [-0.4, -0.2) is 11.0 Å². The van der Waals surface area contributed by atoms with Crippen molar-refractivity contribution in [3.8, 4) is 5.75 Å².